The smallest absolute Gasteiger partial charge is 0.121 e. The Morgan fingerprint density at radius 2 is 0.652 bits per heavy atom. The molecule has 0 saturated heterocycles. The summed E-state index contributed by atoms with van der Waals surface area (Å²) in [5.74, 6) is -2.07. The normalized spacial score (nSPS) is 18.8. The van der Waals surface area contributed by atoms with Gasteiger partial charge in [-0.2, -0.15) is 0 Å². The number of phenols is 2. The lowest BCUT2D eigenvalue weighted by Gasteiger charge is -2.61. The topological polar surface area (TPSA) is 93.1 Å². The summed E-state index contributed by atoms with van der Waals surface area (Å²) in [6.45, 7) is 0. The summed E-state index contributed by atoms with van der Waals surface area (Å²) in [5.41, 5.74) is 5.70. The highest BCUT2D eigenvalue weighted by molar-refractivity contribution is 5.79. The molecule has 0 aromatic heterocycles. The average Bonchev–Trinajstić information content (AvgIpc) is 3.09. The Bertz CT molecular complexity index is 1690. The molecular weight excluding hydrogens is 572 g/mol. The third-order valence-corrected chi connectivity index (χ3v) is 8.74. The van der Waals surface area contributed by atoms with Crippen LogP contribution in [0.1, 0.15) is 23.0 Å². The molecule has 0 amide bonds. The first-order valence-electron chi connectivity index (χ1n) is 15.3. The molecule has 2 N–H and O–H groups in total. The van der Waals surface area contributed by atoms with Crippen LogP contribution in [-0.2, 0) is 0 Å². The van der Waals surface area contributed by atoms with Gasteiger partial charge in [-0.1, -0.05) is 84.9 Å². The number of hydrogen-bond acceptors (Lipinski definition) is 6. The van der Waals surface area contributed by atoms with Gasteiger partial charge in [-0.05, 0) is 83.6 Å². The largest absolute Gasteiger partial charge is 0.851 e. The second-order valence-corrected chi connectivity index (χ2v) is 11.5. The fourth-order valence-corrected chi connectivity index (χ4v) is 6.49. The summed E-state index contributed by atoms with van der Waals surface area (Å²) < 4.78 is 0. The van der Waals surface area contributed by atoms with Gasteiger partial charge in [-0.15, -0.1) is 12.2 Å². The first-order valence-corrected chi connectivity index (χ1v) is 15.3. The van der Waals surface area contributed by atoms with Crippen molar-refractivity contribution < 1.29 is 20.4 Å². The number of aromatic hydroxyl groups is 2. The van der Waals surface area contributed by atoms with E-state index in [1.54, 1.807) is 24.3 Å². The molecule has 6 nitrogen and oxygen atoms in total. The molecule has 1 saturated carbocycles. The Hall–Kier alpha value is -5.56. The number of anilines is 6. The van der Waals surface area contributed by atoms with E-state index in [0.29, 0.717) is 22.5 Å². The molecule has 0 spiro atoms. The molecule has 0 atom stereocenters. The maximum absolute atomic E-state index is 13.6. The molecule has 0 heterocycles. The fraction of sp³-hybridized carbons (Fsp3) is 0.100. The number of nitrogens with zero attached hydrogens (tertiary/aromatic N) is 2. The highest BCUT2D eigenvalue weighted by Crippen LogP contribution is 2.51. The minimum atomic E-state index is -1.32. The van der Waals surface area contributed by atoms with Crippen molar-refractivity contribution in [2.75, 3.05) is 9.80 Å². The first-order chi connectivity index (χ1) is 22.5. The summed E-state index contributed by atoms with van der Waals surface area (Å²) in [6.07, 6.45) is -2.65. The Morgan fingerprint density at radius 1 is 0.370 bits per heavy atom. The van der Waals surface area contributed by atoms with E-state index in [9.17, 15) is 20.4 Å². The van der Waals surface area contributed by atoms with Gasteiger partial charge in [0.25, 0.3) is 0 Å². The highest BCUT2D eigenvalue weighted by atomic mass is 16.3. The van der Waals surface area contributed by atoms with E-state index < -0.39 is 24.0 Å². The number of para-hydroxylation sites is 4. The molecule has 228 valence electrons. The van der Waals surface area contributed by atoms with Crippen molar-refractivity contribution in [3.63, 3.8) is 0 Å². The van der Waals surface area contributed by atoms with Crippen molar-refractivity contribution in [1.29, 1.82) is 0 Å². The molecule has 6 heteroatoms. The van der Waals surface area contributed by atoms with Gasteiger partial charge in [-0.25, -0.2) is 0 Å². The Balaban J connectivity index is 1.16. The van der Waals surface area contributed by atoms with Crippen LogP contribution in [0.5, 0.6) is 11.5 Å². The summed E-state index contributed by atoms with van der Waals surface area (Å²) >= 11 is 0. The van der Waals surface area contributed by atoms with E-state index in [1.165, 1.54) is 0 Å². The van der Waals surface area contributed by atoms with E-state index in [0.717, 1.165) is 22.7 Å². The Morgan fingerprint density at radius 3 is 0.913 bits per heavy atom. The van der Waals surface area contributed by atoms with Crippen molar-refractivity contribution >= 4 is 34.1 Å². The van der Waals surface area contributed by atoms with Crippen LogP contribution in [0.25, 0.3) is 0 Å². The summed E-state index contributed by atoms with van der Waals surface area (Å²) in [7, 11) is 0. The summed E-state index contributed by atoms with van der Waals surface area (Å²) in [5, 5.41) is 49.6. The van der Waals surface area contributed by atoms with Gasteiger partial charge in [-0.3, -0.25) is 0 Å². The predicted molar refractivity (Wildman–Crippen MR) is 179 cm³/mol. The molecule has 46 heavy (non-hydrogen) atoms. The van der Waals surface area contributed by atoms with Crippen LogP contribution in [0.2, 0.25) is 0 Å². The molecule has 6 aromatic rings. The molecule has 6 aromatic carbocycles. The van der Waals surface area contributed by atoms with Crippen LogP contribution in [0.15, 0.2) is 158 Å². The van der Waals surface area contributed by atoms with Crippen molar-refractivity contribution in [3.05, 3.63) is 169 Å². The van der Waals surface area contributed by atoms with Crippen molar-refractivity contribution in [2.24, 2.45) is 0 Å². The minimum absolute atomic E-state index is 0.0968. The van der Waals surface area contributed by atoms with Gasteiger partial charge in [0, 0.05) is 46.3 Å². The lowest BCUT2D eigenvalue weighted by atomic mass is 9.63. The Kier molecular flexibility index (Phi) is 7.89. The van der Waals surface area contributed by atoms with Crippen molar-refractivity contribution in [3.8, 4) is 11.5 Å². The van der Waals surface area contributed by atoms with E-state index in [4.69, 9.17) is 0 Å². The van der Waals surface area contributed by atoms with Crippen LogP contribution >= 0.6 is 0 Å². The van der Waals surface area contributed by atoms with Crippen molar-refractivity contribution in [2.45, 2.75) is 24.0 Å². The van der Waals surface area contributed by atoms with Gasteiger partial charge in [0.1, 0.15) is 11.5 Å². The second-order valence-electron chi connectivity index (χ2n) is 11.5. The number of rotatable bonds is 8. The van der Waals surface area contributed by atoms with Crippen molar-refractivity contribution in [1.82, 2.24) is 0 Å². The van der Waals surface area contributed by atoms with E-state index in [-0.39, 0.29) is 11.5 Å². The quantitative estimate of drug-likeness (QED) is 0.188. The molecule has 0 aliphatic heterocycles. The lowest BCUT2D eigenvalue weighted by molar-refractivity contribution is -0.536. The van der Waals surface area contributed by atoms with Gasteiger partial charge in [0.05, 0.1) is 0 Å². The Labute approximate surface area is 268 Å². The lowest BCUT2D eigenvalue weighted by Crippen LogP contribution is -2.63. The van der Waals surface area contributed by atoms with Crippen LogP contribution in [-0.4, -0.2) is 22.4 Å². The SMILES string of the molecule is [O-]C1C(c2ccc(N(c3ccccc3)c3ccccc3)cc2O)C([O-])C1c1ccc(N(c2ccccc2)c2ccccc2)cc1O. The summed E-state index contributed by atoms with van der Waals surface area (Å²) in [6, 6.07) is 49.4. The zero-order chi connectivity index (χ0) is 31.6. The van der Waals surface area contributed by atoms with Crippen LogP contribution in [0.3, 0.4) is 0 Å². The second kappa shape index (κ2) is 12.4. The predicted octanol–water partition coefficient (Wildman–Crippen LogP) is 7.38. The molecular formula is C40H32N2O4-2. The number of hydrogen-bond donors (Lipinski definition) is 2. The molecule has 1 aliphatic rings. The van der Waals surface area contributed by atoms with Crippen LogP contribution in [0, 0.1) is 0 Å². The average molecular weight is 605 g/mol. The fourth-order valence-electron chi connectivity index (χ4n) is 6.49. The molecule has 1 fully saturated rings. The number of benzene rings is 6. The maximum atomic E-state index is 13.6. The monoisotopic (exact) mass is 604 g/mol. The molecule has 7 rings (SSSR count). The molecule has 0 radical (unpaired) electrons. The zero-order valence-electron chi connectivity index (χ0n) is 24.9. The standard InChI is InChI=1S/C40H32N2O4/c43-35-25-31(41(27-13-5-1-6-14-27)28-15-7-2-8-16-28)21-23-33(35)37-39(45)38(40(37)46)34-24-22-32(26-36(34)44)42(29-17-9-3-10-18-29)30-19-11-4-12-20-30/h1-26,37-40,43-44H/q-2. The third kappa shape index (κ3) is 5.34. The van der Waals surface area contributed by atoms with E-state index in [1.807, 2.05) is 143 Å². The molecule has 0 unspecified atom stereocenters. The zero-order valence-corrected chi connectivity index (χ0v) is 24.9. The van der Waals surface area contributed by atoms with Gasteiger partial charge < -0.3 is 30.2 Å². The molecule has 1 aliphatic carbocycles. The van der Waals surface area contributed by atoms with Gasteiger partial charge >= 0.3 is 0 Å². The molecule has 0 bridgehead atoms. The van der Waals surface area contributed by atoms with E-state index in [2.05, 4.69) is 0 Å². The first kappa shape index (κ1) is 29.2. The van der Waals surface area contributed by atoms with Crippen LogP contribution < -0.4 is 20.0 Å². The van der Waals surface area contributed by atoms with Gasteiger partial charge in [0.2, 0.25) is 0 Å². The maximum Gasteiger partial charge on any atom is 0.121 e. The number of phenolic OH excluding ortho intramolecular Hbond substituents is 2. The highest BCUT2D eigenvalue weighted by Gasteiger charge is 2.41. The van der Waals surface area contributed by atoms with E-state index >= 15 is 0 Å². The summed E-state index contributed by atoms with van der Waals surface area (Å²) in [4.78, 5) is 4.01. The van der Waals surface area contributed by atoms with Gasteiger partial charge in [0.15, 0.2) is 0 Å². The van der Waals surface area contributed by atoms with Crippen LogP contribution in [0.4, 0.5) is 34.1 Å². The third-order valence-electron chi connectivity index (χ3n) is 8.74. The minimum Gasteiger partial charge on any atom is -0.851 e.